The highest BCUT2D eigenvalue weighted by molar-refractivity contribution is 5.83. The average molecular weight is 611 g/mol. The Hall–Kier alpha value is -1.63. The van der Waals surface area contributed by atoms with Crippen LogP contribution in [0.4, 0.5) is 0 Å². The summed E-state index contributed by atoms with van der Waals surface area (Å²) in [7, 11) is 0. The van der Waals surface area contributed by atoms with Gasteiger partial charge < -0.3 is 20.9 Å². The van der Waals surface area contributed by atoms with Crippen LogP contribution in [0.3, 0.4) is 0 Å². The number of ether oxygens (including phenoxy) is 1. The van der Waals surface area contributed by atoms with Crippen LogP contribution in [0, 0.1) is 0 Å². The van der Waals surface area contributed by atoms with Gasteiger partial charge in [-0.2, -0.15) is 0 Å². The van der Waals surface area contributed by atoms with E-state index in [4.69, 9.17) is 10.5 Å². The molecule has 0 aliphatic rings. The van der Waals surface area contributed by atoms with Crippen molar-refractivity contribution in [2.75, 3.05) is 6.54 Å². The number of unbranched alkanes of at least 4 members (excludes halogenated alkanes) is 19. The van der Waals surface area contributed by atoms with Crippen molar-refractivity contribution in [3.05, 3.63) is 0 Å². The molecular weight excluding hydrogens is 540 g/mol. The molecule has 254 valence electrons. The van der Waals surface area contributed by atoms with Crippen LogP contribution in [0.1, 0.15) is 194 Å². The van der Waals surface area contributed by atoms with Crippen LogP contribution in [0.15, 0.2) is 0 Å². The molecule has 0 saturated heterocycles. The molecule has 7 nitrogen and oxygen atoms in total. The van der Waals surface area contributed by atoms with Crippen LogP contribution >= 0.6 is 0 Å². The molecule has 0 bridgehead atoms. The molecule has 0 aliphatic carbocycles. The van der Waals surface area contributed by atoms with Crippen molar-refractivity contribution < 1.29 is 24.2 Å². The zero-order valence-electron chi connectivity index (χ0n) is 28.3. The number of carboxylic acids is 1. The molecule has 0 heterocycles. The fourth-order valence-corrected chi connectivity index (χ4v) is 5.63. The number of carbonyl (C=O) groups is 3. The number of hydrogen-bond acceptors (Lipinski definition) is 5. The number of rotatable bonds is 33. The van der Waals surface area contributed by atoms with Gasteiger partial charge in [0.15, 0.2) is 0 Å². The summed E-state index contributed by atoms with van der Waals surface area (Å²) in [4.78, 5) is 36.0. The van der Waals surface area contributed by atoms with E-state index in [1.54, 1.807) is 0 Å². The topological polar surface area (TPSA) is 119 Å². The number of nitrogens with one attached hydrogen (secondary N) is 1. The van der Waals surface area contributed by atoms with E-state index >= 15 is 0 Å². The van der Waals surface area contributed by atoms with Crippen LogP contribution in [0.2, 0.25) is 0 Å². The van der Waals surface area contributed by atoms with Gasteiger partial charge in [-0.25, -0.2) is 4.79 Å². The summed E-state index contributed by atoms with van der Waals surface area (Å²) in [5.41, 5.74) is 5.46. The minimum atomic E-state index is -1.01. The van der Waals surface area contributed by atoms with E-state index in [-0.39, 0.29) is 18.0 Å². The van der Waals surface area contributed by atoms with E-state index in [0.717, 1.165) is 44.9 Å². The van der Waals surface area contributed by atoms with E-state index in [9.17, 15) is 19.5 Å². The van der Waals surface area contributed by atoms with Crippen LogP contribution in [-0.4, -0.2) is 41.6 Å². The summed E-state index contributed by atoms with van der Waals surface area (Å²) in [6, 6.07) is -0.868. The second kappa shape index (κ2) is 31.8. The summed E-state index contributed by atoms with van der Waals surface area (Å²) in [6.45, 7) is 4.87. The first kappa shape index (κ1) is 41.4. The highest BCUT2D eigenvalue weighted by Crippen LogP contribution is 2.18. The highest BCUT2D eigenvalue weighted by atomic mass is 16.5. The minimum Gasteiger partial charge on any atom is -0.480 e. The van der Waals surface area contributed by atoms with Gasteiger partial charge in [0.2, 0.25) is 5.91 Å². The second-order valence-corrected chi connectivity index (χ2v) is 12.6. The molecule has 0 saturated carbocycles. The first-order chi connectivity index (χ1) is 20.9. The van der Waals surface area contributed by atoms with Crippen molar-refractivity contribution in [2.45, 2.75) is 206 Å². The predicted octanol–water partition coefficient (Wildman–Crippen LogP) is 9.39. The molecule has 0 aromatic heterocycles. The van der Waals surface area contributed by atoms with Gasteiger partial charge in [0.05, 0.1) is 0 Å². The molecule has 43 heavy (non-hydrogen) atoms. The van der Waals surface area contributed by atoms with Crippen molar-refractivity contribution in [3.8, 4) is 0 Å². The molecule has 0 spiro atoms. The van der Waals surface area contributed by atoms with Gasteiger partial charge in [-0.05, 0) is 57.9 Å². The lowest BCUT2D eigenvalue weighted by atomic mass is 10.0. The second-order valence-electron chi connectivity index (χ2n) is 12.6. The number of aliphatic carboxylic acids is 1. The molecule has 0 aliphatic heterocycles. The maximum atomic E-state index is 12.6. The Morgan fingerprint density at radius 2 is 1.00 bits per heavy atom. The summed E-state index contributed by atoms with van der Waals surface area (Å²) in [6.07, 6.45) is 30.2. The lowest BCUT2D eigenvalue weighted by molar-refractivity contribution is -0.150. The molecule has 0 aromatic carbocycles. The van der Waals surface area contributed by atoms with Crippen LogP contribution in [0.5, 0.6) is 0 Å². The quantitative estimate of drug-likeness (QED) is 0.0503. The standard InChI is InChI=1S/C36H70N2O5/c1-3-5-7-9-10-11-12-13-14-15-16-17-18-19-24-30-35(40)43-32(26-21-8-6-4-2)27-22-20-23-29-34(39)38-33(36(41)42)28-25-31-37/h32-33H,3-31,37H2,1-2H3,(H,38,39)(H,41,42). The Morgan fingerprint density at radius 1 is 0.581 bits per heavy atom. The molecule has 0 rings (SSSR count). The third kappa shape index (κ3) is 28.9. The Morgan fingerprint density at radius 3 is 1.47 bits per heavy atom. The van der Waals surface area contributed by atoms with Crippen molar-refractivity contribution in [1.82, 2.24) is 5.32 Å². The van der Waals surface area contributed by atoms with Gasteiger partial charge in [0.25, 0.3) is 0 Å². The van der Waals surface area contributed by atoms with E-state index in [1.807, 2.05) is 0 Å². The first-order valence-electron chi connectivity index (χ1n) is 18.4. The van der Waals surface area contributed by atoms with Gasteiger partial charge >= 0.3 is 11.9 Å². The number of hydrogen-bond donors (Lipinski definition) is 3. The number of esters is 1. The maximum Gasteiger partial charge on any atom is 0.326 e. The molecular formula is C36H70N2O5. The fraction of sp³-hybridized carbons (Fsp3) is 0.917. The van der Waals surface area contributed by atoms with Crippen molar-refractivity contribution >= 4 is 17.8 Å². The highest BCUT2D eigenvalue weighted by Gasteiger charge is 2.19. The van der Waals surface area contributed by atoms with E-state index in [2.05, 4.69) is 19.2 Å². The summed E-state index contributed by atoms with van der Waals surface area (Å²) >= 11 is 0. The number of carboxylic acid groups (broad SMARTS) is 1. The molecule has 2 unspecified atom stereocenters. The average Bonchev–Trinajstić information content (AvgIpc) is 2.98. The van der Waals surface area contributed by atoms with Crippen molar-refractivity contribution in [1.29, 1.82) is 0 Å². The minimum absolute atomic E-state index is 0.0397. The maximum absolute atomic E-state index is 12.6. The van der Waals surface area contributed by atoms with E-state index in [1.165, 1.54) is 103 Å². The normalized spacial score (nSPS) is 12.6. The lowest BCUT2D eigenvalue weighted by Gasteiger charge is -2.18. The largest absolute Gasteiger partial charge is 0.480 e. The van der Waals surface area contributed by atoms with E-state index in [0.29, 0.717) is 38.6 Å². The Balaban J connectivity index is 4.02. The molecule has 0 radical (unpaired) electrons. The molecule has 4 N–H and O–H groups in total. The van der Waals surface area contributed by atoms with Crippen molar-refractivity contribution in [2.24, 2.45) is 5.73 Å². The van der Waals surface area contributed by atoms with Gasteiger partial charge in [0, 0.05) is 12.8 Å². The lowest BCUT2D eigenvalue weighted by Crippen LogP contribution is -2.40. The monoisotopic (exact) mass is 611 g/mol. The summed E-state index contributed by atoms with van der Waals surface area (Å²) in [5.74, 6) is -1.30. The predicted molar refractivity (Wildman–Crippen MR) is 179 cm³/mol. The zero-order valence-corrected chi connectivity index (χ0v) is 28.3. The molecule has 7 heteroatoms. The zero-order chi connectivity index (χ0) is 31.8. The molecule has 2 atom stereocenters. The fourth-order valence-electron chi connectivity index (χ4n) is 5.63. The van der Waals surface area contributed by atoms with Crippen LogP contribution < -0.4 is 11.1 Å². The first-order valence-corrected chi connectivity index (χ1v) is 18.4. The number of carbonyl (C=O) groups excluding carboxylic acids is 2. The Labute approximate surface area is 265 Å². The third-order valence-electron chi connectivity index (χ3n) is 8.42. The van der Waals surface area contributed by atoms with Gasteiger partial charge in [-0.15, -0.1) is 0 Å². The Bertz CT molecular complexity index is 658. The Kier molecular flexibility index (Phi) is 30.6. The van der Waals surface area contributed by atoms with E-state index < -0.39 is 12.0 Å². The third-order valence-corrected chi connectivity index (χ3v) is 8.42. The smallest absolute Gasteiger partial charge is 0.326 e. The molecule has 0 aromatic rings. The van der Waals surface area contributed by atoms with Gasteiger partial charge in [0.1, 0.15) is 12.1 Å². The van der Waals surface area contributed by atoms with Crippen LogP contribution in [-0.2, 0) is 19.1 Å². The molecule has 0 fully saturated rings. The SMILES string of the molecule is CCCCCCCCCCCCCCCCCC(=O)OC(CCCCCC)CCCCCC(=O)NC(CCCN)C(=O)O. The summed E-state index contributed by atoms with van der Waals surface area (Å²) < 4.78 is 5.90. The summed E-state index contributed by atoms with van der Waals surface area (Å²) in [5, 5.41) is 11.9. The molecule has 1 amide bonds. The van der Waals surface area contributed by atoms with Gasteiger partial charge in [-0.3, -0.25) is 9.59 Å². The number of amides is 1. The van der Waals surface area contributed by atoms with Crippen molar-refractivity contribution in [3.63, 3.8) is 0 Å². The number of nitrogens with two attached hydrogens (primary N) is 1. The van der Waals surface area contributed by atoms with Crippen LogP contribution in [0.25, 0.3) is 0 Å². The van der Waals surface area contributed by atoms with Gasteiger partial charge in [-0.1, -0.05) is 129 Å².